The van der Waals surface area contributed by atoms with Crippen LogP contribution in [0.1, 0.15) is 74.2 Å². The first-order valence-corrected chi connectivity index (χ1v) is 11.2. The van der Waals surface area contributed by atoms with E-state index in [2.05, 4.69) is 0 Å². The molecule has 0 radical (unpaired) electrons. The molecule has 2 aliphatic heterocycles. The van der Waals surface area contributed by atoms with Gasteiger partial charge in [-0.2, -0.15) is 13.2 Å². The molecule has 2 atom stereocenters. The molecule has 3 fully saturated rings. The number of likely N-dealkylation sites (tertiary alicyclic amines) is 1. The molecule has 0 N–H and O–H groups in total. The van der Waals surface area contributed by atoms with Gasteiger partial charge in [-0.05, 0) is 76.1 Å². The molecule has 31 heavy (non-hydrogen) atoms. The maximum atomic E-state index is 13.6. The van der Waals surface area contributed by atoms with Crippen molar-refractivity contribution in [2.24, 2.45) is 0 Å². The number of piperidine rings is 1. The molecule has 1 aromatic rings. The fraction of sp³-hybridized carbons (Fsp3) is 0.652. The van der Waals surface area contributed by atoms with Gasteiger partial charge in [0.2, 0.25) is 5.91 Å². The van der Waals surface area contributed by atoms with Gasteiger partial charge in [0, 0.05) is 18.2 Å². The number of nitrogens with zero attached hydrogens (tertiary/aromatic N) is 2. The second kappa shape index (κ2) is 8.45. The van der Waals surface area contributed by atoms with Crippen molar-refractivity contribution < 1.29 is 27.5 Å². The number of hydrogen-bond donors (Lipinski definition) is 0. The summed E-state index contributed by atoms with van der Waals surface area (Å²) in [4.78, 5) is 30.4. The maximum Gasteiger partial charge on any atom is 0.416 e. The van der Waals surface area contributed by atoms with Crippen LogP contribution in [0.3, 0.4) is 0 Å². The van der Waals surface area contributed by atoms with Gasteiger partial charge in [0.15, 0.2) is 0 Å². The lowest BCUT2D eigenvalue weighted by atomic mass is 9.89. The van der Waals surface area contributed by atoms with Crippen LogP contribution < -0.4 is 0 Å². The Morgan fingerprint density at radius 2 is 1.71 bits per heavy atom. The van der Waals surface area contributed by atoms with E-state index in [1.165, 1.54) is 12.1 Å². The molecule has 4 rings (SSSR count). The molecule has 8 heteroatoms. The van der Waals surface area contributed by atoms with Crippen LogP contribution in [0, 0.1) is 0 Å². The van der Waals surface area contributed by atoms with Crippen molar-refractivity contribution in [3.63, 3.8) is 0 Å². The third-order valence-electron chi connectivity index (χ3n) is 6.94. The zero-order valence-electron chi connectivity index (χ0n) is 17.8. The summed E-state index contributed by atoms with van der Waals surface area (Å²) in [6.07, 6.45) is 2.55. The molecule has 3 aliphatic rings. The number of halogens is 3. The standard InChI is InChI=1S/C23H29F3N2O3/c1-16-7-3-6-14-27(16)21(30)19-15-31-22(12-4-2-5-13-22)28(19)20(29)17-8-10-18(11-9-17)23(24,25)26/h8-11,16,19H,2-7,12-15H2,1H3/t16-,19-/m0/s1. The van der Waals surface area contributed by atoms with Crippen LogP contribution >= 0.6 is 0 Å². The largest absolute Gasteiger partial charge is 0.416 e. The minimum atomic E-state index is -4.47. The van der Waals surface area contributed by atoms with Crippen molar-refractivity contribution in [2.75, 3.05) is 13.2 Å². The van der Waals surface area contributed by atoms with E-state index >= 15 is 0 Å². The van der Waals surface area contributed by atoms with Gasteiger partial charge in [-0.3, -0.25) is 14.5 Å². The predicted molar refractivity (Wildman–Crippen MR) is 108 cm³/mol. The highest BCUT2D eigenvalue weighted by molar-refractivity contribution is 5.98. The van der Waals surface area contributed by atoms with E-state index < -0.39 is 29.4 Å². The lowest BCUT2D eigenvalue weighted by molar-refractivity contribution is -0.140. The summed E-state index contributed by atoms with van der Waals surface area (Å²) in [7, 11) is 0. The number of amides is 2. The van der Waals surface area contributed by atoms with Gasteiger partial charge in [-0.15, -0.1) is 0 Å². The van der Waals surface area contributed by atoms with E-state index in [1.807, 2.05) is 11.8 Å². The Labute approximate surface area is 180 Å². The number of carbonyl (C=O) groups is 2. The molecule has 0 bridgehead atoms. The normalized spacial score (nSPS) is 26.3. The third kappa shape index (κ3) is 4.19. The predicted octanol–water partition coefficient (Wildman–Crippen LogP) is 4.61. The van der Waals surface area contributed by atoms with E-state index in [1.54, 1.807) is 4.90 Å². The van der Waals surface area contributed by atoms with Crippen molar-refractivity contribution in [3.05, 3.63) is 35.4 Å². The van der Waals surface area contributed by atoms with Gasteiger partial charge in [0.1, 0.15) is 11.8 Å². The highest BCUT2D eigenvalue weighted by atomic mass is 19.4. The highest BCUT2D eigenvalue weighted by Crippen LogP contribution is 2.42. The summed E-state index contributed by atoms with van der Waals surface area (Å²) in [5.74, 6) is -0.550. The molecular formula is C23H29F3N2O3. The van der Waals surface area contributed by atoms with E-state index in [0.717, 1.165) is 50.7 Å². The topological polar surface area (TPSA) is 49.9 Å². The first kappa shape index (κ1) is 22.1. The Balaban J connectivity index is 1.65. The lowest BCUT2D eigenvalue weighted by Crippen LogP contribution is -2.58. The number of hydrogen-bond acceptors (Lipinski definition) is 3. The van der Waals surface area contributed by atoms with E-state index in [-0.39, 0.29) is 24.1 Å². The summed E-state index contributed by atoms with van der Waals surface area (Å²) in [5.41, 5.74) is -1.51. The average molecular weight is 438 g/mol. The van der Waals surface area contributed by atoms with E-state index in [0.29, 0.717) is 19.4 Å². The Morgan fingerprint density at radius 1 is 1.03 bits per heavy atom. The van der Waals surface area contributed by atoms with Crippen LogP contribution in [-0.2, 0) is 15.7 Å². The molecular weight excluding hydrogens is 409 g/mol. The molecule has 1 aromatic carbocycles. The molecule has 5 nitrogen and oxygen atoms in total. The monoisotopic (exact) mass is 438 g/mol. The van der Waals surface area contributed by atoms with Crippen molar-refractivity contribution in [2.45, 2.75) is 82.3 Å². The summed E-state index contributed by atoms with van der Waals surface area (Å²) in [5, 5.41) is 0. The SMILES string of the molecule is C[C@H]1CCCCN1C(=O)[C@@H]1COC2(CCCCC2)N1C(=O)c1ccc(C(F)(F)F)cc1. The zero-order valence-corrected chi connectivity index (χ0v) is 17.8. The molecule has 0 unspecified atom stereocenters. The lowest BCUT2D eigenvalue weighted by Gasteiger charge is -2.43. The number of benzene rings is 1. The molecule has 1 saturated carbocycles. The summed E-state index contributed by atoms with van der Waals surface area (Å²) in [6.45, 7) is 2.81. The number of ether oxygens (including phenoxy) is 1. The number of alkyl halides is 3. The van der Waals surface area contributed by atoms with Crippen LogP contribution in [0.4, 0.5) is 13.2 Å². The highest BCUT2D eigenvalue weighted by Gasteiger charge is 2.54. The van der Waals surface area contributed by atoms with Crippen molar-refractivity contribution in [1.29, 1.82) is 0 Å². The van der Waals surface area contributed by atoms with Gasteiger partial charge in [-0.25, -0.2) is 0 Å². The van der Waals surface area contributed by atoms with Crippen LogP contribution in [0.25, 0.3) is 0 Å². The fourth-order valence-corrected chi connectivity index (χ4v) is 5.22. The fourth-order valence-electron chi connectivity index (χ4n) is 5.22. The van der Waals surface area contributed by atoms with Crippen molar-refractivity contribution in [3.8, 4) is 0 Å². The average Bonchev–Trinajstić information content (AvgIpc) is 3.11. The van der Waals surface area contributed by atoms with Crippen molar-refractivity contribution >= 4 is 11.8 Å². The second-order valence-electron chi connectivity index (χ2n) is 8.96. The van der Waals surface area contributed by atoms with Gasteiger partial charge < -0.3 is 9.64 Å². The Bertz CT molecular complexity index is 818. The molecule has 2 amide bonds. The Morgan fingerprint density at radius 3 is 2.32 bits per heavy atom. The molecule has 2 heterocycles. The van der Waals surface area contributed by atoms with Crippen LogP contribution in [0.5, 0.6) is 0 Å². The third-order valence-corrected chi connectivity index (χ3v) is 6.94. The molecule has 0 aromatic heterocycles. The van der Waals surface area contributed by atoms with Gasteiger partial charge in [-0.1, -0.05) is 6.42 Å². The molecule has 2 saturated heterocycles. The van der Waals surface area contributed by atoms with Gasteiger partial charge >= 0.3 is 6.18 Å². The zero-order chi connectivity index (χ0) is 22.2. The maximum absolute atomic E-state index is 13.6. The quantitative estimate of drug-likeness (QED) is 0.678. The number of carbonyl (C=O) groups excluding carboxylic acids is 2. The first-order valence-electron chi connectivity index (χ1n) is 11.2. The Kier molecular flexibility index (Phi) is 6.03. The van der Waals surface area contributed by atoms with Crippen LogP contribution in [0.2, 0.25) is 0 Å². The van der Waals surface area contributed by atoms with E-state index in [9.17, 15) is 22.8 Å². The minimum Gasteiger partial charge on any atom is -0.353 e. The summed E-state index contributed by atoms with van der Waals surface area (Å²) >= 11 is 0. The van der Waals surface area contributed by atoms with Crippen LogP contribution in [-0.4, -0.2) is 52.6 Å². The van der Waals surface area contributed by atoms with E-state index in [4.69, 9.17) is 4.74 Å². The summed E-state index contributed by atoms with van der Waals surface area (Å²) < 4.78 is 45.0. The first-order chi connectivity index (χ1) is 14.7. The van der Waals surface area contributed by atoms with Gasteiger partial charge in [0.25, 0.3) is 5.91 Å². The molecule has 1 aliphatic carbocycles. The Hall–Kier alpha value is -2.09. The van der Waals surface area contributed by atoms with Crippen molar-refractivity contribution in [1.82, 2.24) is 9.80 Å². The van der Waals surface area contributed by atoms with Gasteiger partial charge in [0.05, 0.1) is 12.2 Å². The summed E-state index contributed by atoms with van der Waals surface area (Å²) in [6, 6.07) is 3.60. The number of rotatable bonds is 2. The molecule has 1 spiro atoms. The van der Waals surface area contributed by atoms with Crippen LogP contribution in [0.15, 0.2) is 24.3 Å². The molecule has 170 valence electrons. The second-order valence-corrected chi connectivity index (χ2v) is 8.96. The minimum absolute atomic E-state index is 0.104. The smallest absolute Gasteiger partial charge is 0.353 e.